The highest BCUT2D eigenvalue weighted by molar-refractivity contribution is 6.30. The number of aryl methyl sites for hydroxylation is 1. The van der Waals surface area contributed by atoms with Crippen molar-refractivity contribution in [3.63, 3.8) is 0 Å². The minimum Gasteiger partial charge on any atom is -0.487 e. The molecule has 0 aliphatic rings. The fraction of sp³-hybridized carbons (Fsp3) is 0.125. The molecule has 1 N–H and O–H groups in total. The Morgan fingerprint density at radius 1 is 1.24 bits per heavy atom. The van der Waals surface area contributed by atoms with Crippen LogP contribution >= 0.6 is 11.6 Å². The molecule has 0 fully saturated rings. The Labute approximate surface area is 127 Å². The average molecular weight is 300 g/mol. The van der Waals surface area contributed by atoms with E-state index in [1.807, 2.05) is 43.3 Å². The van der Waals surface area contributed by atoms with E-state index in [1.165, 1.54) is 0 Å². The summed E-state index contributed by atoms with van der Waals surface area (Å²) in [6, 6.07) is 11.3. The Morgan fingerprint density at radius 3 is 2.90 bits per heavy atom. The summed E-state index contributed by atoms with van der Waals surface area (Å²) in [5, 5.41) is 8.05. The molecule has 0 aliphatic heterocycles. The molecule has 0 bridgehead atoms. The Balaban J connectivity index is 1.87. The second-order valence-corrected chi connectivity index (χ2v) is 5.10. The van der Waals surface area contributed by atoms with Crippen molar-refractivity contribution in [3.05, 3.63) is 65.1 Å². The summed E-state index contributed by atoms with van der Waals surface area (Å²) in [5.74, 6) is 0.732. The van der Waals surface area contributed by atoms with Crippen molar-refractivity contribution in [2.45, 2.75) is 13.5 Å². The number of hydrogen-bond acceptors (Lipinski definition) is 3. The van der Waals surface area contributed by atoms with Crippen molar-refractivity contribution in [1.82, 2.24) is 15.2 Å². The SMILES string of the molecule is Cc1[nH]nc(-c2cccc(Cl)c2)c1COc1cccnc1. The van der Waals surface area contributed by atoms with Gasteiger partial charge in [-0.3, -0.25) is 10.1 Å². The second-order valence-electron chi connectivity index (χ2n) is 4.66. The molecule has 3 rings (SSSR count). The number of hydrogen-bond donors (Lipinski definition) is 1. The number of nitrogens with one attached hydrogen (secondary N) is 1. The first-order valence-electron chi connectivity index (χ1n) is 6.56. The van der Waals surface area contributed by atoms with E-state index in [4.69, 9.17) is 16.3 Å². The molecular formula is C16H14ClN3O. The molecule has 2 heterocycles. The zero-order valence-electron chi connectivity index (χ0n) is 11.5. The second kappa shape index (κ2) is 5.97. The number of pyridine rings is 1. The standard InChI is InChI=1S/C16H14ClN3O/c1-11-15(10-21-14-6-3-7-18-9-14)16(20-19-11)12-4-2-5-13(17)8-12/h2-9H,10H2,1H3,(H,19,20). The van der Waals surface area contributed by atoms with Crippen LogP contribution in [0.5, 0.6) is 5.75 Å². The molecule has 0 amide bonds. The third kappa shape index (κ3) is 3.06. The normalized spacial score (nSPS) is 10.6. The van der Waals surface area contributed by atoms with Gasteiger partial charge in [0.15, 0.2) is 0 Å². The number of halogens is 1. The van der Waals surface area contributed by atoms with E-state index in [0.717, 1.165) is 28.3 Å². The quantitative estimate of drug-likeness (QED) is 0.792. The van der Waals surface area contributed by atoms with Gasteiger partial charge >= 0.3 is 0 Å². The minimum absolute atomic E-state index is 0.426. The molecule has 3 aromatic rings. The van der Waals surface area contributed by atoms with E-state index >= 15 is 0 Å². The van der Waals surface area contributed by atoms with Crippen LogP contribution in [-0.4, -0.2) is 15.2 Å². The number of nitrogens with zero attached hydrogens (tertiary/aromatic N) is 2. The number of ether oxygens (including phenoxy) is 1. The summed E-state index contributed by atoms with van der Waals surface area (Å²) < 4.78 is 5.77. The maximum Gasteiger partial charge on any atom is 0.138 e. The van der Waals surface area contributed by atoms with E-state index in [-0.39, 0.29) is 0 Å². The van der Waals surface area contributed by atoms with Gasteiger partial charge in [-0.2, -0.15) is 5.10 Å². The molecule has 0 spiro atoms. The zero-order valence-corrected chi connectivity index (χ0v) is 12.3. The van der Waals surface area contributed by atoms with Gasteiger partial charge in [0.05, 0.1) is 11.9 Å². The first kappa shape index (κ1) is 13.6. The largest absolute Gasteiger partial charge is 0.487 e. The molecular weight excluding hydrogens is 286 g/mol. The predicted molar refractivity (Wildman–Crippen MR) is 82.3 cm³/mol. The fourth-order valence-corrected chi connectivity index (χ4v) is 2.28. The number of H-pyrrole nitrogens is 1. The van der Waals surface area contributed by atoms with Crippen LogP contribution in [0.2, 0.25) is 5.02 Å². The minimum atomic E-state index is 0.426. The predicted octanol–water partition coefficient (Wildman–Crippen LogP) is 4.01. The molecule has 0 atom stereocenters. The van der Waals surface area contributed by atoms with Crippen LogP contribution in [0, 0.1) is 6.92 Å². The molecule has 4 nitrogen and oxygen atoms in total. The van der Waals surface area contributed by atoms with Gasteiger partial charge in [0.1, 0.15) is 12.4 Å². The van der Waals surface area contributed by atoms with Crippen molar-refractivity contribution in [3.8, 4) is 17.0 Å². The summed E-state index contributed by atoms with van der Waals surface area (Å²) in [6.07, 6.45) is 3.40. The van der Waals surface area contributed by atoms with Crippen molar-refractivity contribution in [2.75, 3.05) is 0 Å². The van der Waals surface area contributed by atoms with Crippen molar-refractivity contribution in [2.24, 2.45) is 0 Å². The Hall–Kier alpha value is -2.33. The maximum atomic E-state index is 6.05. The van der Waals surface area contributed by atoms with Gasteiger partial charge in [0.2, 0.25) is 0 Å². The first-order chi connectivity index (χ1) is 10.2. The molecule has 1 aromatic carbocycles. The number of aromatic nitrogens is 3. The lowest BCUT2D eigenvalue weighted by atomic mass is 10.1. The van der Waals surface area contributed by atoms with Crippen molar-refractivity contribution >= 4 is 11.6 Å². The van der Waals surface area contributed by atoms with Crippen LogP contribution in [0.4, 0.5) is 0 Å². The lowest BCUT2D eigenvalue weighted by Gasteiger charge is -2.07. The van der Waals surface area contributed by atoms with E-state index < -0.39 is 0 Å². The highest BCUT2D eigenvalue weighted by Gasteiger charge is 2.13. The summed E-state index contributed by atoms with van der Waals surface area (Å²) in [7, 11) is 0. The monoisotopic (exact) mass is 299 g/mol. The summed E-state index contributed by atoms with van der Waals surface area (Å²) in [5.41, 5.74) is 3.82. The van der Waals surface area contributed by atoms with Crippen molar-refractivity contribution < 1.29 is 4.74 Å². The molecule has 0 unspecified atom stereocenters. The lowest BCUT2D eigenvalue weighted by molar-refractivity contribution is 0.305. The maximum absolute atomic E-state index is 6.05. The van der Waals surface area contributed by atoms with Gasteiger partial charge in [-0.1, -0.05) is 23.7 Å². The fourth-order valence-electron chi connectivity index (χ4n) is 2.09. The van der Waals surface area contributed by atoms with E-state index in [9.17, 15) is 0 Å². The molecule has 0 aliphatic carbocycles. The summed E-state index contributed by atoms with van der Waals surface area (Å²) in [6.45, 7) is 2.40. The van der Waals surface area contributed by atoms with Gasteiger partial charge in [0, 0.05) is 28.0 Å². The van der Waals surface area contributed by atoms with Crippen LogP contribution < -0.4 is 4.74 Å². The van der Waals surface area contributed by atoms with Crippen LogP contribution in [0.1, 0.15) is 11.3 Å². The third-order valence-electron chi connectivity index (χ3n) is 3.19. The lowest BCUT2D eigenvalue weighted by Crippen LogP contribution is -1.98. The summed E-state index contributed by atoms with van der Waals surface area (Å²) >= 11 is 6.05. The smallest absolute Gasteiger partial charge is 0.138 e. The van der Waals surface area contributed by atoms with E-state index in [2.05, 4.69) is 15.2 Å². The Morgan fingerprint density at radius 2 is 2.14 bits per heavy atom. The molecule has 0 saturated carbocycles. The molecule has 0 saturated heterocycles. The first-order valence-corrected chi connectivity index (χ1v) is 6.94. The molecule has 0 radical (unpaired) electrons. The van der Waals surface area contributed by atoms with Gasteiger partial charge < -0.3 is 4.74 Å². The molecule has 5 heteroatoms. The Bertz CT molecular complexity index is 740. The number of rotatable bonds is 4. The van der Waals surface area contributed by atoms with E-state index in [1.54, 1.807) is 12.4 Å². The van der Waals surface area contributed by atoms with Crippen LogP contribution in [-0.2, 0) is 6.61 Å². The Kier molecular flexibility index (Phi) is 3.88. The zero-order chi connectivity index (χ0) is 14.7. The van der Waals surface area contributed by atoms with Crippen LogP contribution in [0.15, 0.2) is 48.8 Å². The number of aromatic amines is 1. The van der Waals surface area contributed by atoms with Gasteiger partial charge in [-0.05, 0) is 31.2 Å². The van der Waals surface area contributed by atoms with Gasteiger partial charge in [0.25, 0.3) is 0 Å². The number of benzene rings is 1. The van der Waals surface area contributed by atoms with E-state index in [0.29, 0.717) is 11.6 Å². The topological polar surface area (TPSA) is 50.8 Å². The molecule has 21 heavy (non-hydrogen) atoms. The van der Waals surface area contributed by atoms with Crippen molar-refractivity contribution in [1.29, 1.82) is 0 Å². The summed E-state index contributed by atoms with van der Waals surface area (Å²) in [4.78, 5) is 4.03. The average Bonchev–Trinajstić information content (AvgIpc) is 2.87. The highest BCUT2D eigenvalue weighted by atomic mass is 35.5. The van der Waals surface area contributed by atoms with Gasteiger partial charge in [-0.25, -0.2) is 0 Å². The molecule has 106 valence electrons. The van der Waals surface area contributed by atoms with Crippen LogP contribution in [0.25, 0.3) is 11.3 Å². The van der Waals surface area contributed by atoms with Gasteiger partial charge in [-0.15, -0.1) is 0 Å². The third-order valence-corrected chi connectivity index (χ3v) is 3.42. The van der Waals surface area contributed by atoms with Crippen LogP contribution in [0.3, 0.4) is 0 Å². The highest BCUT2D eigenvalue weighted by Crippen LogP contribution is 2.26. The molecule has 2 aromatic heterocycles.